The van der Waals surface area contributed by atoms with Crippen molar-refractivity contribution in [3.8, 4) is 0 Å². The molecule has 0 atom stereocenters. The molecule has 0 bridgehead atoms. The Morgan fingerprint density at radius 3 is 2.39 bits per heavy atom. The highest BCUT2D eigenvalue weighted by atomic mass is 16.6. The van der Waals surface area contributed by atoms with Crippen LogP contribution in [0.4, 0.5) is 4.79 Å². The first-order valence-electron chi connectivity index (χ1n) is 6.89. The number of carbonyl (C=O) groups is 2. The fraction of sp³-hybridized carbons (Fsp3) is 0.857. The standard InChI is InChI=1S/C14H23NO3/c1-13(2,3)18-12(17)15-10-7-11(16)14(15)8-5-4-6-9-14/h4-10H2,1-3H3. The third kappa shape index (κ3) is 2.38. The smallest absolute Gasteiger partial charge is 0.411 e. The summed E-state index contributed by atoms with van der Waals surface area (Å²) in [6.45, 7) is 6.09. The van der Waals surface area contributed by atoms with Gasteiger partial charge in [0.05, 0.1) is 0 Å². The van der Waals surface area contributed by atoms with Gasteiger partial charge in [-0.3, -0.25) is 9.69 Å². The van der Waals surface area contributed by atoms with Crippen molar-refractivity contribution in [2.45, 2.75) is 70.4 Å². The molecule has 0 N–H and O–H groups in total. The lowest BCUT2D eigenvalue weighted by Gasteiger charge is -2.40. The molecule has 1 amide bonds. The van der Waals surface area contributed by atoms with Gasteiger partial charge in [0, 0.05) is 13.0 Å². The summed E-state index contributed by atoms with van der Waals surface area (Å²) in [6, 6.07) is 0. The van der Waals surface area contributed by atoms with E-state index in [-0.39, 0.29) is 11.9 Å². The van der Waals surface area contributed by atoms with Crippen LogP contribution in [0.1, 0.15) is 59.3 Å². The Morgan fingerprint density at radius 2 is 1.83 bits per heavy atom. The molecule has 0 radical (unpaired) electrons. The average Bonchev–Trinajstić information content (AvgIpc) is 2.56. The van der Waals surface area contributed by atoms with Crippen molar-refractivity contribution < 1.29 is 14.3 Å². The van der Waals surface area contributed by atoms with Crippen molar-refractivity contribution in [2.75, 3.05) is 6.54 Å². The van der Waals surface area contributed by atoms with E-state index in [4.69, 9.17) is 4.74 Å². The second-order valence-corrected chi connectivity index (χ2v) is 6.40. The minimum Gasteiger partial charge on any atom is -0.444 e. The lowest BCUT2D eigenvalue weighted by Crippen LogP contribution is -2.53. The first-order valence-corrected chi connectivity index (χ1v) is 6.89. The molecule has 1 aliphatic carbocycles. The second kappa shape index (κ2) is 4.56. The molecule has 0 aromatic heterocycles. The first kappa shape index (κ1) is 13.4. The Balaban J connectivity index is 2.16. The van der Waals surface area contributed by atoms with Crippen molar-refractivity contribution in [1.29, 1.82) is 0 Å². The lowest BCUT2D eigenvalue weighted by molar-refractivity contribution is -0.126. The van der Waals surface area contributed by atoms with Crippen LogP contribution in [0.2, 0.25) is 0 Å². The molecule has 0 aromatic rings. The number of amides is 1. The number of ether oxygens (including phenoxy) is 1. The fourth-order valence-corrected chi connectivity index (χ4v) is 3.08. The Labute approximate surface area is 109 Å². The third-order valence-corrected chi connectivity index (χ3v) is 3.89. The van der Waals surface area contributed by atoms with Crippen LogP contribution in [0.5, 0.6) is 0 Å². The molecule has 102 valence electrons. The minimum absolute atomic E-state index is 0.230. The van der Waals surface area contributed by atoms with Gasteiger partial charge in [0.2, 0.25) is 0 Å². The Bertz CT molecular complexity index is 351. The quantitative estimate of drug-likeness (QED) is 0.667. The molecule has 18 heavy (non-hydrogen) atoms. The lowest BCUT2D eigenvalue weighted by atomic mass is 9.79. The number of nitrogens with zero attached hydrogens (tertiary/aromatic N) is 1. The first-order chi connectivity index (χ1) is 8.35. The van der Waals surface area contributed by atoms with Crippen LogP contribution in [-0.4, -0.2) is 34.5 Å². The van der Waals surface area contributed by atoms with Gasteiger partial charge >= 0.3 is 6.09 Å². The number of hydrogen-bond acceptors (Lipinski definition) is 3. The van der Waals surface area contributed by atoms with Crippen LogP contribution in [0.25, 0.3) is 0 Å². The summed E-state index contributed by atoms with van der Waals surface area (Å²) in [4.78, 5) is 26.1. The zero-order valence-corrected chi connectivity index (χ0v) is 11.6. The summed E-state index contributed by atoms with van der Waals surface area (Å²) in [5.74, 6) is 0.230. The van der Waals surface area contributed by atoms with Gasteiger partial charge in [0.15, 0.2) is 5.78 Å². The van der Waals surface area contributed by atoms with Crippen molar-refractivity contribution >= 4 is 11.9 Å². The maximum atomic E-state index is 12.2. The highest BCUT2D eigenvalue weighted by Crippen LogP contribution is 2.40. The van der Waals surface area contributed by atoms with Crippen LogP contribution in [0, 0.1) is 0 Å². The van der Waals surface area contributed by atoms with Crippen molar-refractivity contribution in [1.82, 2.24) is 4.90 Å². The van der Waals surface area contributed by atoms with Gasteiger partial charge in [-0.15, -0.1) is 0 Å². The summed E-state index contributed by atoms with van der Waals surface area (Å²) >= 11 is 0. The van der Waals surface area contributed by atoms with Crippen LogP contribution in [-0.2, 0) is 9.53 Å². The fourth-order valence-electron chi connectivity index (χ4n) is 3.08. The molecule has 2 rings (SSSR count). The monoisotopic (exact) mass is 253 g/mol. The van der Waals surface area contributed by atoms with Gasteiger partial charge in [0.1, 0.15) is 11.1 Å². The number of likely N-dealkylation sites (tertiary alicyclic amines) is 1. The molecule has 1 saturated heterocycles. The van der Waals surface area contributed by atoms with E-state index in [0.717, 1.165) is 32.1 Å². The predicted octanol–water partition coefficient (Wildman–Crippen LogP) is 2.90. The van der Waals surface area contributed by atoms with E-state index in [2.05, 4.69) is 0 Å². The summed E-state index contributed by atoms with van der Waals surface area (Å²) in [7, 11) is 0. The zero-order valence-electron chi connectivity index (χ0n) is 11.6. The van der Waals surface area contributed by atoms with Crippen LogP contribution >= 0.6 is 0 Å². The molecule has 1 heterocycles. The Morgan fingerprint density at radius 1 is 1.22 bits per heavy atom. The molecule has 0 aromatic carbocycles. The van der Waals surface area contributed by atoms with E-state index >= 15 is 0 Å². The van der Waals surface area contributed by atoms with Crippen LogP contribution < -0.4 is 0 Å². The molecule has 2 aliphatic rings. The maximum Gasteiger partial charge on any atom is 0.411 e. The molecule has 1 saturated carbocycles. The van der Waals surface area contributed by atoms with Crippen molar-refractivity contribution in [2.24, 2.45) is 0 Å². The van der Waals surface area contributed by atoms with E-state index in [1.165, 1.54) is 0 Å². The van der Waals surface area contributed by atoms with E-state index in [1.807, 2.05) is 20.8 Å². The highest BCUT2D eigenvalue weighted by Gasteiger charge is 2.51. The molecule has 4 heteroatoms. The molecule has 1 aliphatic heterocycles. The van der Waals surface area contributed by atoms with Gasteiger partial charge in [-0.05, 0) is 33.6 Å². The molecule has 2 fully saturated rings. The second-order valence-electron chi connectivity index (χ2n) is 6.40. The third-order valence-electron chi connectivity index (χ3n) is 3.89. The van der Waals surface area contributed by atoms with E-state index < -0.39 is 11.1 Å². The molecule has 4 nitrogen and oxygen atoms in total. The topological polar surface area (TPSA) is 46.6 Å². The number of rotatable bonds is 0. The molecule has 0 unspecified atom stereocenters. The average molecular weight is 253 g/mol. The molecular weight excluding hydrogens is 230 g/mol. The zero-order chi connectivity index (χ0) is 13.4. The van der Waals surface area contributed by atoms with Gasteiger partial charge in [-0.2, -0.15) is 0 Å². The normalized spacial score (nSPS) is 23.5. The van der Waals surface area contributed by atoms with Crippen LogP contribution in [0.3, 0.4) is 0 Å². The number of hydrogen-bond donors (Lipinski definition) is 0. The maximum absolute atomic E-state index is 12.2. The Hall–Kier alpha value is -1.06. The molecule has 1 spiro atoms. The largest absolute Gasteiger partial charge is 0.444 e. The van der Waals surface area contributed by atoms with Crippen LogP contribution in [0.15, 0.2) is 0 Å². The summed E-state index contributed by atoms with van der Waals surface area (Å²) in [5.41, 5.74) is -1.04. The van der Waals surface area contributed by atoms with Gasteiger partial charge in [-0.1, -0.05) is 19.3 Å². The number of carbonyl (C=O) groups excluding carboxylic acids is 2. The van der Waals surface area contributed by atoms with E-state index in [1.54, 1.807) is 4.90 Å². The van der Waals surface area contributed by atoms with Gasteiger partial charge in [-0.25, -0.2) is 4.79 Å². The minimum atomic E-state index is -0.541. The van der Waals surface area contributed by atoms with E-state index in [9.17, 15) is 9.59 Å². The molecular formula is C14H23NO3. The summed E-state index contributed by atoms with van der Waals surface area (Å²) in [6.07, 6.45) is 5.01. The Kier molecular flexibility index (Phi) is 3.39. The summed E-state index contributed by atoms with van der Waals surface area (Å²) in [5, 5.41) is 0. The number of ketones is 1. The SMILES string of the molecule is CC(C)(C)OC(=O)N1CCC(=O)C12CCCCC2. The highest BCUT2D eigenvalue weighted by molar-refractivity contribution is 5.94. The number of Topliss-reactive ketones (excluding diaryl/α,β-unsaturated/α-hetero) is 1. The predicted molar refractivity (Wildman–Crippen MR) is 68.4 cm³/mol. The van der Waals surface area contributed by atoms with Crippen molar-refractivity contribution in [3.63, 3.8) is 0 Å². The van der Waals surface area contributed by atoms with Gasteiger partial charge < -0.3 is 4.74 Å². The van der Waals surface area contributed by atoms with E-state index in [0.29, 0.717) is 13.0 Å². The van der Waals surface area contributed by atoms with Gasteiger partial charge in [0.25, 0.3) is 0 Å². The summed E-state index contributed by atoms with van der Waals surface area (Å²) < 4.78 is 5.43. The van der Waals surface area contributed by atoms with Crippen molar-refractivity contribution in [3.05, 3.63) is 0 Å².